The Kier molecular flexibility index (Phi) is 6.32. The number of benzene rings is 1. The second kappa shape index (κ2) is 8.46. The van der Waals surface area contributed by atoms with Crippen LogP contribution in [0.3, 0.4) is 0 Å². The molecule has 1 atom stereocenters. The van der Waals surface area contributed by atoms with Crippen molar-refractivity contribution in [2.75, 3.05) is 14.2 Å². The summed E-state index contributed by atoms with van der Waals surface area (Å²) >= 11 is 0. The Hall–Kier alpha value is -2.17. The van der Waals surface area contributed by atoms with Gasteiger partial charge in [0.15, 0.2) is 11.5 Å². The fourth-order valence-electron chi connectivity index (χ4n) is 2.85. The maximum absolute atomic E-state index is 11.9. The monoisotopic (exact) mass is 318 g/mol. The number of methoxy groups -OCH3 is 2. The zero-order valence-corrected chi connectivity index (χ0v) is 14.1. The average molecular weight is 318 g/mol. The number of ether oxygens (including phenoxy) is 2. The molecule has 0 aromatic heterocycles. The van der Waals surface area contributed by atoms with E-state index in [9.17, 15) is 4.79 Å². The van der Waals surface area contributed by atoms with Crippen molar-refractivity contribution < 1.29 is 14.3 Å². The Morgan fingerprint density at radius 2 is 1.91 bits per heavy atom. The van der Waals surface area contributed by atoms with Crippen LogP contribution in [0.15, 0.2) is 30.5 Å². The summed E-state index contributed by atoms with van der Waals surface area (Å²) in [4.78, 5) is 11.9. The predicted molar refractivity (Wildman–Crippen MR) is 90.7 cm³/mol. The molecule has 1 fully saturated rings. The SMILES string of the molecule is COc1ccc(C(C)NC(=O)N/C=C/C2CCCC2)cc1OC. The quantitative estimate of drug-likeness (QED) is 0.839. The van der Waals surface area contributed by atoms with Crippen molar-refractivity contribution in [2.45, 2.75) is 38.6 Å². The average Bonchev–Trinajstić information content (AvgIpc) is 3.07. The molecule has 2 amide bonds. The molecule has 1 saturated carbocycles. The summed E-state index contributed by atoms with van der Waals surface area (Å²) in [5.74, 6) is 1.94. The molecule has 0 radical (unpaired) electrons. The Balaban J connectivity index is 1.87. The van der Waals surface area contributed by atoms with Crippen molar-refractivity contribution in [3.05, 3.63) is 36.0 Å². The van der Waals surface area contributed by atoms with Gasteiger partial charge in [0.25, 0.3) is 0 Å². The number of hydrogen-bond donors (Lipinski definition) is 2. The van der Waals surface area contributed by atoms with Crippen LogP contribution in [0.1, 0.15) is 44.2 Å². The van der Waals surface area contributed by atoms with Gasteiger partial charge in [0.05, 0.1) is 20.3 Å². The minimum Gasteiger partial charge on any atom is -0.493 e. The maximum atomic E-state index is 11.9. The summed E-state index contributed by atoms with van der Waals surface area (Å²) < 4.78 is 10.5. The Morgan fingerprint density at radius 1 is 1.22 bits per heavy atom. The molecular weight excluding hydrogens is 292 g/mol. The molecule has 0 aliphatic heterocycles. The van der Waals surface area contributed by atoms with E-state index in [0.717, 1.165) is 5.56 Å². The van der Waals surface area contributed by atoms with Crippen LogP contribution < -0.4 is 20.1 Å². The third-order valence-corrected chi connectivity index (χ3v) is 4.24. The van der Waals surface area contributed by atoms with Crippen LogP contribution in [-0.2, 0) is 0 Å². The van der Waals surface area contributed by atoms with Gasteiger partial charge in [-0.05, 0) is 43.4 Å². The first-order chi connectivity index (χ1) is 11.1. The molecule has 1 aliphatic carbocycles. The van der Waals surface area contributed by atoms with Crippen LogP contribution in [0.4, 0.5) is 4.79 Å². The zero-order chi connectivity index (χ0) is 16.7. The molecule has 0 saturated heterocycles. The van der Waals surface area contributed by atoms with Gasteiger partial charge in [0.2, 0.25) is 0 Å². The molecule has 126 valence electrons. The van der Waals surface area contributed by atoms with Crippen LogP contribution >= 0.6 is 0 Å². The number of urea groups is 1. The van der Waals surface area contributed by atoms with E-state index in [1.807, 2.05) is 25.1 Å². The first kappa shape index (κ1) is 17.2. The van der Waals surface area contributed by atoms with Gasteiger partial charge >= 0.3 is 6.03 Å². The predicted octanol–water partition coefficient (Wildman–Crippen LogP) is 3.77. The van der Waals surface area contributed by atoms with Crippen molar-refractivity contribution >= 4 is 6.03 Å². The molecule has 5 heteroatoms. The molecule has 23 heavy (non-hydrogen) atoms. The highest BCUT2D eigenvalue weighted by Crippen LogP contribution is 2.29. The summed E-state index contributed by atoms with van der Waals surface area (Å²) in [7, 11) is 3.20. The Morgan fingerprint density at radius 3 is 2.57 bits per heavy atom. The van der Waals surface area contributed by atoms with Crippen molar-refractivity contribution in [3.63, 3.8) is 0 Å². The lowest BCUT2D eigenvalue weighted by molar-refractivity contribution is 0.241. The summed E-state index contributed by atoms with van der Waals surface area (Å²) in [5, 5.41) is 5.69. The second-order valence-corrected chi connectivity index (χ2v) is 5.86. The molecule has 2 N–H and O–H groups in total. The van der Waals surface area contributed by atoms with Gasteiger partial charge in [-0.2, -0.15) is 0 Å². The minimum atomic E-state index is -0.207. The Bertz CT molecular complexity index is 551. The highest BCUT2D eigenvalue weighted by Gasteiger charge is 2.13. The Labute approximate surface area is 138 Å². The normalized spacial score (nSPS) is 16.3. The van der Waals surface area contributed by atoms with Crippen molar-refractivity contribution in [1.82, 2.24) is 10.6 Å². The number of amides is 2. The molecule has 1 unspecified atom stereocenters. The molecule has 0 heterocycles. The van der Waals surface area contributed by atoms with E-state index in [2.05, 4.69) is 16.7 Å². The number of hydrogen-bond acceptors (Lipinski definition) is 3. The maximum Gasteiger partial charge on any atom is 0.319 e. The lowest BCUT2D eigenvalue weighted by atomic mass is 10.1. The van der Waals surface area contributed by atoms with Crippen LogP contribution in [-0.4, -0.2) is 20.3 Å². The van der Waals surface area contributed by atoms with E-state index in [0.29, 0.717) is 17.4 Å². The van der Waals surface area contributed by atoms with Gasteiger partial charge in [-0.15, -0.1) is 0 Å². The van der Waals surface area contributed by atoms with Crippen molar-refractivity contribution in [1.29, 1.82) is 0 Å². The lowest BCUT2D eigenvalue weighted by Crippen LogP contribution is -2.34. The second-order valence-electron chi connectivity index (χ2n) is 5.86. The first-order valence-corrected chi connectivity index (χ1v) is 8.09. The van der Waals surface area contributed by atoms with E-state index >= 15 is 0 Å². The molecule has 1 aromatic carbocycles. The summed E-state index contributed by atoms with van der Waals surface area (Å²) in [6.07, 6.45) is 8.87. The number of rotatable bonds is 6. The summed E-state index contributed by atoms with van der Waals surface area (Å²) in [6, 6.07) is 5.29. The van der Waals surface area contributed by atoms with Gasteiger partial charge in [-0.1, -0.05) is 25.0 Å². The van der Waals surface area contributed by atoms with Gasteiger partial charge < -0.3 is 20.1 Å². The van der Waals surface area contributed by atoms with Crippen LogP contribution in [0.25, 0.3) is 0 Å². The molecule has 0 bridgehead atoms. The van der Waals surface area contributed by atoms with Crippen LogP contribution in [0.5, 0.6) is 11.5 Å². The molecule has 1 aliphatic rings. The standard InChI is InChI=1S/C18H26N2O3/c1-13(15-8-9-16(22-2)17(12-15)23-3)20-18(21)19-11-10-14-6-4-5-7-14/h8-14H,4-7H2,1-3H3,(H2,19,20,21)/b11-10+. The number of nitrogens with one attached hydrogen (secondary N) is 2. The van der Waals surface area contributed by atoms with Crippen LogP contribution in [0, 0.1) is 5.92 Å². The molecule has 5 nitrogen and oxygen atoms in total. The van der Waals surface area contributed by atoms with Gasteiger partial charge in [0.1, 0.15) is 0 Å². The van der Waals surface area contributed by atoms with Gasteiger partial charge in [-0.3, -0.25) is 0 Å². The van der Waals surface area contributed by atoms with E-state index < -0.39 is 0 Å². The third kappa shape index (κ3) is 4.91. The number of carbonyl (C=O) groups excluding carboxylic acids is 1. The highest BCUT2D eigenvalue weighted by molar-refractivity contribution is 5.75. The van der Waals surface area contributed by atoms with E-state index in [1.54, 1.807) is 20.4 Å². The van der Waals surface area contributed by atoms with Gasteiger partial charge in [0, 0.05) is 6.20 Å². The van der Waals surface area contributed by atoms with E-state index in [-0.39, 0.29) is 12.1 Å². The smallest absolute Gasteiger partial charge is 0.319 e. The van der Waals surface area contributed by atoms with Crippen LogP contribution in [0.2, 0.25) is 0 Å². The van der Waals surface area contributed by atoms with Crippen molar-refractivity contribution in [3.8, 4) is 11.5 Å². The van der Waals surface area contributed by atoms with E-state index in [1.165, 1.54) is 25.7 Å². The summed E-state index contributed by atoms with van der Waals surface area (Å²) in [5.41, 5.74) is 0.956. The molecular formula is C18H26N2O3. The van der Waals surface area contributed by atoms with Gasteiger partial charge in [-0.25, -0.2) is 4.79 Å². The lowest BCUT2D eigenvalue weighted by Gasteiger charge is -2.16. The number of allylic oxidation sites excluding steroid dienone is 1. The highest BCUT2D eigenvalue weighted by atomic mass is 16.5. The first-order valence-electron chi connectivity index (χ1n) is 8.09. The van der Waals surface area contributed by atoms with E-state index in [4.69, 9.17) is 9.47 Å². The summed E-state index contributed by atoms with van der Waals surface area (Å²) in [6.45, 7) is 1.93. The number of carbonyl (C=O) groups is 1. The molecule has 0 spiro atoms. The topological polar surface area (TPSA) is 59.6 Å². The fourth-order valence-corrected chi connectivity index (χ4v) is 2.85. The fraction of sp³-hybridized carbons (Fsp3) is 0.500. The largest absolute Gasteiger partial charge is 0.493 e. The minimum absolute atomic E-state index is 0.130. The van der Waals surface area contributed by atoms with Crippen molar-refractivity contribution in [2.24, 2.45) is 5.92 Å². The molecule has 1 aromatic rings. The zero-order valence-electron chi connectivity index (χ0n) is 14.1. The third-order valence-electron chi connectivity index (χ3n) is 4.24. The molecule has 2 rings (SSSR count).